The van der Waals surface area contributed by atoms with Gasteiger partial charge in [-0.3, -0.25) is 14.6 Å². The maximum absolute atomic E-state index is 12.5. The number of amides is 1. The van der Waals surface area contributed by atoms with Gasteiger partial charge in [0.25, 0.3) is 0 Å². The van der Waals surface area contributed by atoms with Gasteiger partial charge in [0, 0.05) is 30.2 Å². The van der Waals surface area contributed by atoms with E-state index in [-0.39, 0.29) is 23.2 Å². The molecule has 1 atom stereocenters. The van der Waals surface area contributed by atoms with Gasteiger partial charge in [-0.15, -0.1) is 0 Å². The van der Waals surface area contributed by atoms with Crippen molar-refractivity contribution in [3.63, 3.8) is 0 Å². The van der Waals surface area contributed by atoms with Crippen LogP contribution in [0.1, 0.15) is 29.4 Å². The van der Waals surface area contributed by atoms with Crippen molar-refractivity contribution in [3.05, 3.63) is 86.7 Å². The molecule has 3 aromatic rings. The third kappa shape index (κ3) is 4.22. The Kier molecular flexibility index (Phi) is 5.40. The molecule has 6 heteroatoms. The molecule has 0 radical (unpaired) electrons. The fraction of sp³-hybridized carbons (Fsp3) is 0.211. The largest absolute Gasteiger partial charge is 0.344 e. The Morgan fingerprint density at radius 3 is 2.60 bits per heavy atom. The van der Waals surface area contributed by atoms with Gasteiger partial charge < -0.3 is 9.88 Å². The fourth-order valence-electron chi connectivity index (χ4n) is 2.64. The second kappa shape index (κ2) is 7.90. The molecule has 0 spiro atoms. The molecular weight excluding hydrogens is 334 g/mol. The van der Waals surface area contributed by atoms with Crippen LogP contribution in [0, 0.1) is 6.92 Å². The van der Waals surface area contributed by atoms with Crippen molar-refractivity contribution in [1.29, 1.82) is 0 Å². The van der Waals surface area contributed by atoms with Crippen LogP contribution in [0.25, 0.3) is 0 Å². The van der Waals surface area contributed by atoms with Gasteiger partial charge in [-0.25, -0.2) is 0 Å². The molecule has 0 aliphatic carbocycles. The number of benzene rings is 1. The number of aryl methyl sites for hydroxylation is 1. The average Bonchev–Trinajstić information content (AvgIpc) is 2.97. The predicted molar refractivity (Wildman–Crippen MR) is 98.6 cm³/mol. The molecule has 2 heterocycles. The van der Waals surface area contributed by atoms with E-state index in [0.717, 1.165) is 28.3 Å². The Labute approximate surface area is 150 Å². The van der Waals surface area contributed by atoms with Gasteiger partial charge in [-0.05, 0) is 24.6 Å². The minimum absolute atomic E-state index is 0.0327. The zero-order chi connectivity index (χ0) is 17.6. The summed E-state index contributed by atoms with van der Waals surface area (Å²) in [7, 11) is 0. The van der Waals surface area contributed by atoms with Crippen LogP contribution in [0.5, 0.6) is 0 Å². The number of aromatic nitrogens is 2. The molecule has 3 rings (SSSR count). The number of carbonyl (C=O) groups is 1. The van der Waals surface area contributed by atoms with E-state index in [9.17, 15) is 9.59 Å². The first-order valence-corrected chi connectivity index (χ1v) is 8.93. The molecule has 1 N–H and O–H groups in total. The molecule has 0 saturated carbocycles. The number of hydrogen-bond donors (Lipinski definition) is 1. The minimum atomic E-state index is -0.310. The zero-order valence-corrected chi connectivity index (χ0v) is 14.7. The summed E-state index contributed by atoms with van der Waals surface area (Å²) in [6.07, 6.45) is 1.96. The van der Waals surface area contributed by atoms with Crippen LogP contribution >= 0.6 is 11.3 Å². The number of thiazole rings is 1. The number of rotatable bonds is 6. The van der Waals surface area contributed by atoms with Gasteiger partial charge in [0.1, 0.15) is 0 Å². The standard InChI is InChI=1S/C19H19N3O2S/c1-14-13-25-19(24)22(14)12-10-17(23)21-18(15-7-3-2-4-8-15)16-9-5-6-11-20-16/h2-9,11,13,18H,10,12H2,1H3,(H,21,23). The molecule has 1 aromatic carbocycles. The monoisotopic (exact) mass is 353 g/mol. The van der Waals surface area contributed by atoms with E-state index in [1.807, 2.05) is 55.5 Å². The van der Waals surface area contributed by atoms with Gasteiger partial charge in [0.2, 0.25) is 5.91 Å². The van der Waals surface area contributed by atoms with Crippen molar-refractivity contribution < 1.29 is 4.79 Å². The smallest absolute Gasteiger partial charge is 0.307 e. The minimum Gasteiger partial charge on any atom is -0.344 e. The van der Waals surface area contributed by atoms with E-state index in [1.54, 1.807) is 16.1 Å². The van der Waals surface area contributed by atoms with Crippen molar-refractivity contribution >= 4 is 17.2 Å². The highest BCUT2D eigenvalue weighted by Crippen LogP contribution is 2.20. The van der Waals surface area contributed by atoms with Gasteiger partial charge >= 0.3 is 4.87 Å². The van der Waals surface area contributed by atoms with Crippen molar-refractivity contribution in [2.24, 2.45) is 0 Å². The summed E-state index contributed by atoms with van der Waals surface area (Å²) in [5.74, 6) is -0.114. The van der Waals surface area contributed by atoms with Gasteiger partial charge in [-0.1, -0.05) is 47.7 Å². The van der Waals surface area contributed by atoms with E-state index >= 15 is 0 Å². The molecule has 5 nitrogen and oxygen atoms in total. The lowest BCUT2D eigenvalue weighted by Gasteiger charge is -2.19. The molecule has 0 fully saturated rings. The highest BCUT2D eigenvalue weighted by atomic mass is 32.1. The van der Waals surface area contributed by atoms with E-state index in [0.29, 0.717) is 6.54 Å². The molecule has 0 saturated heterocycles. The van der Waals surface area contributed by atoms with Crippen LogP contribution in [0.15, 0.2) is 64.9 Å². The van der Waals surface area contributed by atoms with E-state index < -0.39 is 0 Å². The molecule has 0 aliphatic rings. The summed E-state index contributed by atoms with van der Waals surface area (Å²) in [4.78, 5) is 28.6. The molecule has 0 bridgehead atoms. The van der Waals surface area contributed by atoms with Gasteiger partial charge in [-0.2, -0.15) is 0 Å². The van der Waals surface area contributed by atoms with Crippen molar-refractivity contribution in [2.45, 2.75) is 25.9 Å². The second-order valence-electron chi connectivity index (χ2n) is 5.71. The first kappa shape index (κ1) is 17.1. The maximum Gasteiger partial charge on any atom is 0.307 e. The van der Waals surface area contributed by atoms with Crippen molar-refractivity contribution in [1.82, 2.24) is 14.9 Å². The Morgan fingerprint density at radius 1 is 1.20 bits per heavy atom. The van der Waals surface area contributed by atoms with Crippen LogP contribution in [0.3, 0.4) is 0 Å². The zero-order valence-electron chi connectivity index (χ0n) is 13.9. The summed E-state index contributed by atoms with van der Waals surface area (Å²) < 4.78 is 1.63. The predicted octanol–water partition coefficient (Wildman–Crippen LogP) is 2.91. The van der Waals surface area contributed by atoms with Crippen molar-refractivity contribution in [2.75, 3.05) is 0 Å². The highest BCUT2D eigenvalue weighted by molar-refractivity contribution is 7.07. The normalized spacial score (nSPS) is 11.9. The second-order valence-corrected chi connectivity index (χ2v) is 6.53. The molecule has 128 valence electrons. The lowest BCUT2D eigenvalue weighted by molar-refractivity contribution is -0.121. The highest BCUT2D eigenvalue weighted by Gasteiger charge is 2.18. The third-order valence-corrected chi connectivity index (χ3v) is 4.84. The molecule has 1 unspecified atom stereocenters. The van der Waals surface area contributed by atoms with Crippen LogP contribution in [-0.4, -0.2) is 15.5 Å². The third-order valence-electron chi connectivity index (χ3n) is 3.96. The number of hydrogen-bond acceptors (Lipinski definition) is 4. The first-order valence-electron chi connectivity index (χ1n) is 8.05. The fourth-order valence-corrected chi connectivity index (χ4v) is 3.40. The molecule has 0 aliphatic heterocycles. The summed E-state index contributed by atoms with van der Waals surface area (Å²) in [6.45, 7) is 2.25. The Morgan fingerprint density at radius 2 is 1.96 bits per heavy atom. The molecule has 1 amide bonds. The Hall–Kier alpha value is -2.73. The van der Waals surface area contributed by atoms with Crippen LogP contribution in [0.2, 0.25) is 0 Å². The van der Waals surface area contributed by atoms with E-state index in [2.05, 4.69) is 10.3 Å². The summed E-state index contributed by atoms with van der Waals surface area (Å²) in [6, 6.07) is 15.1. The van der Waals surface area contributed by atoms with Crippen LogP contribution in [0.4, 0.5) is 0 Å². The average molecular weight is 353 g/mol. The van der Waals surface area contributed by atoms with E-state index in [4.69, 9.17) is 0 Å². The SMILES string of the molecule is Cc1csc(=O)n1CCC(=O)NC(c1ccccc1)c1ccccn1. The van der Waals surface area contributed by atoms with Gasteiger partial charge in [0.05, 0.1) is 11.7 Å². The number of nitrogens with zero attached hydrogens (tertiary/aromatic N) is 2. The van der Waals surface area contributed by atoms with E-state index in [1.165, 1.54) is 0 Å². The molecular formula is C19H19N3O2S. The quantitative estimate of drug-likeness (QED) is 0.741. The summed E-state index contributed by atoms with van der Waals surface area (Å²) >= 11 is 1.16. The number of pyridine rings is 1. The van der Waals surface area contributed by atoms with Crippen molar-refractivity contribution in [3.8, 4) is 0 Å². The summed E-state index contributed by atoms with van der Waals surface area (Å²) in [5, 5.41) is 4.84. The Balaban J connectivity index is 1.74. The lowest BCUT2D eigenvalue weighted by Crippen LogP contribution is -2.31. The van der Waals surface area contributed by atoms with Crippen LogP contribution < -0.4 is 10.2 Å². The number of carbonyl (C=O) groups excluding carboxylic acids is 1. The number of nitrogens with one attached hydrogen (secondary N) is 1. The van der Waals surface area contributed by atoms with Crippen LogP contribution in [-0.2, 0) is 11.3 Å². The lowest BCUT2D eigenvalue weighted by atomic mass is 10.0. The maximum atomic E-state index is 12.5. The Bertz CT molecular complexity index is 848. The first-order chi connectivity index (χ1) is 12.1. The van der Waals surface area contributed by atoms with Gasteiger partial charge in [0.15, 0.2) is 0 Å². The molecule has 25 heavy (non-hydrogen) atoms. The topological polar surface area (TPSA) is 64.0 Å². The summed E-state index contributed by atoms with van der Waals surface area (Å²) in [5.41, 5.74) is 2.64. The molecule has 2 aromatic heterocycles.